The maximum atomic E-state index is 12.4. The molecule has 0 saturated carbocycles. The number of nitrogens with one attached hydrogen (secondary N) is 1. The topological polar surface area (TPSA) is 66.7 Å². The van der Waals surface area contributed by atoms with Crippen LogP contribution in [0.1, 0.15) is 0 Å². The van der Waals surface area contributed by atoms with Crippen molar-refractivity contribution in [3.63, 3.8) is 0 Å². The molecule has 0 fully saturated rings. The van der Waals surface area contributed by atoms with Gasteiger partial charge in [-0.05, 0) is 18.2 Å². The molecule has 0 amide bonds. The molecule has 0 atom stereocenters. The van der Waals surface area contributed by atoms with Crippen LogP contribution >= 0.6 is 11.9 Å². The number of benzene rings is 2. The van der Waals surface area contributed by atoms with Crippen molar-refractivity contribution in [3.8, 4) is 17.2 Å². The Balaban J connectivity index is 1.92. The fourth-order valence-electron chi connectivity index (χ4n) is 2.86. The molecule has 11 heteroatoms. The molecule has 0 saturated heterocycles. The van der Waals surface area contributed by atoms with E-state index in [-0.39, 0.29) is 11.4 Å². The number of hydrogen-bond donors (Lipinski definition) is 1. The largest absolute Gasteiger partial charge is 0.484 e. The molecule has 31 heavy (non-hydrogen) atoms. The molecule has 7 nitrogen and oxygen atoms in total. The maximum Gasteiger partial charge on any atom is 0.422 e. The van der Waals surface area contributed by atoms with Crippen LogP contribution < -0.4 is 19.9 Å². The van der Waals surface area contributed by atoms with Gasteiger partial charge < -0.3 is 18.9 Å². The number of rotatable bonds is 9. The summed E-state index contributed by atoms with van der Waals surface area (Å²) in [5.74, 6) is 1.41. The maximum absolute atomic E-state index is 12.4. The number of methoxy groups -OCH3 is 1. The monoisotopic (exact) mass is 457 g/mol. The van der Waals surface area contributed by atoms with Gasteiger partial charge in [0, 0.05) is 39.1 Å². The lowest BCUT2D eigenvalue weighted by atomic mass is 10.2. The van der Waals surface area contributed by atoms with Crippen LogP contribution in [0, 0.1) is 0 Å². The van der Waals surface area contributed by atoms with Gasteiger partial charge in [-0.15, -0.1) is 0 Å². The van der Waals surface area contributed by atoms with Gasteiger partial charge in [0.2, 0.25) is 0 Å². The van der Waals surface area contributed by atoms with Gasteiger partial charge in [0.05, 0.1) is 23.3 Å². The minimum absolute atomic E-state index is 0.0343. The summed E-state index contributed by atoms with van der Waals surface area (Å²) >= 11 is 1.40. The number of nitrogens with zero attached hydrogens (tertiary/aromatic N) is 2. The Morgan fingerprint density at radius 3 is 2.42 bits per heavy atom. The molecule has 3 rings (SSSR count). The molecule has 1 aromatic heterocycles. The third-order valence-electron chi connectivity index (χ3n) is 4.38. The van der Waals surface area contributed by atoms with E-state index in [0.29, 0.717) is 40.6 Å². The summed E-state index contributed by atoms with van der Waals surface area (Å²) in [6.45, 7) is -0.851. The Morgan fingerprint density at radius 1 is 1.06 bits per heavy atom. The number of anilines is 1. The van der Waals surface area contributed by atoms with Crippen molar-refractivity contribution in [2.75, 3.05) is 30.8 Å². The standard InChI is InChI=1S/C20H22F3N3O4S/c1-25-16-10-15(24-31-8-7-28-3)18(11-17(16)26(2)19(25)27)30-14-6-4-5-13(9-14)29-12-20(21,22)23/h4-6,9-11,24H,7-8,12H2,1-3H3. The second-order valence-electron chi connectivity index (χ2n) is 6.66. The minimum atomic E-state index is -4.43. The third kappa shape index (κ3) is 5.67. The average molecular weight is 457 g/mol. The van der Waals surface area contributed by atoms with E-state index < -0.39 is 12.8 Å². The van der Waals surface area contributed by atoms with Crippen molar-refractivity contribution in [2.24, 2.45) is 14.1 Å². The lowest BCUT2D eigenvalue weighted by Gasteiger charge is -2.15. The molecule has 0 aliphatic rings. The first-order valence-corrected chi connectivity index (χ1v) is 10.2. The first kappa shape index (κ1) is 22.9. The van der Waals surface area contributed by atoms with E-state index in [4.69, 9.17) is 14.2 Å². The number of imidazole rings is 1. The second kappa shape index (κ2) is 9.56. The molecule has 0 aliphatic carbocycles. The van der Waals surface area contributed by atoms with Gasteiger partial charge >= 0.3 is 11.9 Å². The number of fused-ring (bicyclic) bond motifs is 1. The fourth-order valence-corrected chi connectivity index (χ4v) is 3.53. The molecule has 168 valence electrons. The van der Waals surface area contributed by atoms with Crippen LogP contribution in [0.5, 0.6) is 17.2 Å². The Hall–Kier alpha value is -2.79. The smallest absolute Gasteiger partial charge is 0.422 e. The molecule has 0 bridgehead atoms. The van der Waals surface area contributed by atoms with Crippen LogP contribution in [0.3, 0.4) is 0 Å². The molecular formula is C20H22F3N3O4S. The van der Waals surface area contributed by atoms with Crippen molar-refractivity contribution >= 4 is 28.7 Å². The average Bonchev–Trinajstić information content (AvgIpc) is 2.93. The molecule has 0 unspecified atom stereocenters. The first-order chi connectivity index (χ1) is 14.7. The van der Waals surface area contributed by atoms with Gasteiger partial charge in [-0.1, -0.05) is 18.0 Å². The van der Waals surface area contributed by atoms with Crippen molar-refractivity contribution in [1.82, 2.24) is 9.13 Å². The van der Waals surface area contributed by atoms with E-state index in [0.717, 1.165) is 0 Å². The van der Waals surface area contributed by atoms with Crippen molar-refractivity contribution in [2.45, 2.75) is 6.18 Å². The van der Waals surface area contributed by atoms with Gasteiger partial charge in [0.1, 0.15) is 11.5 Å². The SMILES string of the molecule is COCCSNc1cc2c(cc1Oc1cccc(OCC(F)(F)F)c1)n(C)c(=O)n2C. The highest BCUT2D eigenvalue weighted by molar-refractivity contribution is 8.00. The summed E-state index contributed by atoms with van der Waals surface area (Å²) in [5, 5.41) is 0. The van der Waals surface area contributed by atoms with Crippen LogP contribution in [-0.2, 0) is 18.8 Å². The molecule has 0 radical (unpaired) electrons. The van der Waals surface area contributed by atoms with Gasteiger partial charge in [-0.2, -0.15) is 13.2 Å². The van der Waals surface area contributed by atoms with Crippen LogP contribution in [0.25, 0.3) is 11.0 Å². The molecule has 2 aromatic carbocycles. The molecule has 1 N–H and O–H groups in total. The van der Waals surface area contributed by atoms with E-state index >= 15 is 0 Å². The van der Waals surface area contributed by atoms with Gasteiger partial charge in [-0.25, -0.2) is 4.79 Å². The van der Waals surface area contributed by atoms with E-state index in [1.807, 2.05) is 0 Å². The van der Waals surface area contributed by atoms with Gasteiger partial charge in [0.25, 0.3) is 0 Å². The fraction of sp³-hybridized carbons (Fsp3) is 0.350. The minimum Gasteiger partial charge on any atom is -0.484 e. The predicted octanol–water partition coefficient (Wildman–Crippen LogP) is 4.32. The zero-order valence-electron chi connectivity index (χ0n) is 17.2. The molecule has 0 aliphatic heterocycles. The number of halogens is 3. The van der Waals surface area contributed by atoms with Crippen LogP contribution in [-0.4, -0.2) is 41.4 Å². The lowest BCUT2D eigenvalue weighted by molar-refractivity contribution is -0.153. The number of hydrogen-bond acceptors (Lipinski definition) is 6. The van der Waals surface area contributed by atoms with Crippen molar-refractivity contribution in [3.05, 3.63) is 46.9 Å². The highest BCUT2D eigenvalue weighted by atomic mass is 32.2. The summed E-state index contributed by atoms with van der Waals surface area (Å²) in [6.07, 6.45) is -4.43. The first-order valence-electron chi connectivity index (χ1n) is 9.23. The summed E-state index contributed by atoms with van der Waals surface area (Å²) in [4.78, 5) is 12.3. The Kier molecular flexibility index (Phi) is 7.06. The molecule has 1 heterocycles. The van der Waals surface area contributed by atoms with Gasteiger partial charge in [0.15, 0.2) is 12.4 Å². The van der Waals surface area contributed by atoms with E-state index in [2.05, 4.69) is 4.72 Å². The lowest BCUT2D eigenvalue weighted by Crippen LogP contribution is -2.19. The number of ether oxygens (including phenoxy) is 3. The predicted molar refractivity (Wildman–Crippen MR) is 114 cm³/mol. The van der Waals surface area contributed by atoms with E-state index in [1.165, 1.54) is 39.3 Å². The number of aryl methyl sites for hydroxylation is 2. The summed E-state index contributed by atoms with van der Waals surface area (Å²) in [7, 11) is 4.93. The summed E-state index contributed by atoms with van der Waals surface area (Å²) in [5.41, 5.74) is 1.78. The second-order valence-corrected chi connectivity index (χ2v) is 7.56. The van der Waals surface area contributed by atoms with Crippen LogP contribution in [0.2, 0.25) is 0 Å². The normalized spacial score (nSPS) is 11.7. The van der Waals surface area contributed by atoms with Crippen molar-refractivity contribution in [1.29, 1.82) is 0 Å². The molecular weight excluding hydrogens is 435 g/mol. The Labute approximate surface area is 180 Å². The number of alkyl halides is 3. The molecule has 0 spiro atoms. The summed E-state index contributed by atoms with van der Waals surface area (Å²) in [6, 6.07) is 9.44. The zero-order valence-corrected chi connectivity index (χ0v) is 18.0. The Bertz CT molecular complexity index is 1110. The van der Waals surface area contributed by atoms with Gasteiger partial charge in [-0.3, -0.25) is 9.13 Å². The highest BCUT2D eigenvalue weighted by Crippen LogP contribution is 2.36. The van der Waals surface area contributed by atoms with E-state index in [9.17, 15) is 18.0 Å². The number of aromatic nitrogens is 2. The van der Waals surface area contributed by atoms with E-state index in [1.54, 1.807) is 39.4 Å². The van der Waals surface area contributed by atoms with Crippen LogP contribution in [0.4, 0.5) is 18.9 Å². The Morgan fingerprint density at radius 2 is 1.74 bits per heavy atom. The quantitative estimate of drug-likeness (QED) is 0.382. The van der Waals surface area contributed by atoms with Crippen LogP contribution in [0.15, 0.2) is 41.2 Å². The third-order valence-corrected chi connectivity index (χ3v) is 5.12. The highest BCUT2D eigenvalue weighted by Gasteiger charge is 2.28. The summed E-state index contributed by atoms with van der Waals surface area (Å²) < 4.78 is 59.3. The zero-order chi connectivity index (χ0) is 22.6. The molecule has 3 aromatic rings. The van der Waals surface area contributed by atoms with Crippen molar-refractivity contribution < 1.29 is 27.4 Å².